The number of rotatable bonds is 17. The van der Waals surface area contributed by atoms with Gasteiger partial charge in [-0.3, -0.25) is 4.79 Å². The number of hydrogen-bond donors (Lipinski definition) is 0. The quantitative estimate of drug-likeness (QED) is 0.149. The van der Waals surface area contributed by atoms with Crippen LogP contribution in [0.4, 0.5) is 0 Å². The van der Waals surface area contributed by atoms with Gasteiger partial charge in [0.25, 0.3) is 0 Å². The number of unbranched alkanes of at least 4 members (excludes halogenated alkanes) is 12. The molecule has 0 spiro atoms. The van der Waals surface area contributed by atoms with Gasteiger partial charge in [-0.05, 0) is 6.92 Å². The van der Waals surface area contributed by atoms with Gasteiger partial charge in [0.15, 0.2) is 0 Å². The molecule has 0 aliphatic carbocycles. The first-order valence-electron chi connectivity index (χ1n) is 10.6. The van der Waals surface area contributed by atoms with E-state index in [1.54, 1.807) is 0 Å². The zero-order valence-corrected chi connectivity index (χ0v) is 18.4. The average molecular weight is 380 g/mol. The Bertz CT molecular complexity index is 328. The second kappa shape index (κ2) is 24.4. The molecule has 0 saturated carbocycles. The molecule has 0 aromatic heterocycles. The molecule has 149 valence electrons. The van der Waals surface area contributed by atoms with Gasteiger partial charge in [-0.15, -0.1) is 0 Å². The Hall–Kier alpha value is -0.588. The van der Waals surface area contributed by atoms with Crippen LogP contribution in [-0.4, -0.2) is 28.0 Å². The molecular formula is C22H40AlO3. The number of allylic oxidation sites excluding steroid dienone is 2. The fourth-order valence-corrected chi connectivity index (χ4v) is 2.88. The van der Waals surface area contributed by atoms with Gasteiger partial charge in [0, 0.05) is 12.4 Å². The zero-order valence-electron chi connectivity index (χ0n) is 17.3. The molecule has 0 aliphatic heterocycles. The maximum atomic E-state index is 9.83. The van der Waals surface area contributed by atoms with Crippen LogP contribution in [0.15, 0.2) is 12.2 Å². The van der Waals surface area contributed by atoms with Gasteiger partial charge < -0.3 is 9.90 Å². The van der Waals surface area contributed by atoms with Gasteiger partial charge in [0.05, 0.1) is 0 Å². The molecule has 0 rings (SSSR count). The molecule has 0 aliphatic rings. The van der Waals surface area contributed by atoms with Crippen molar-refractivity contribution in [1.29, 1.82) is 0 Å². The Balaban J connectivity index is 0. The van der Waals surface area contributed by atoms with E-state index in [1.807, 2.05) is 0 Å². The molecule has 0 N–H and O–H groups in total. The average Bonchev–Trinajstić information content (AvgIpc) is 2.58. The number of Topliss-reactive ketones (excluding diaryl/α,β-unsaturated/α-hetero) is 1. The Kier molecular flexibility index (Phi) is 25.9. The van der Waals surface area contributed by atoms with Crippen LogP contribution in [0.1, 0.15) is 110 Å². The first-order valence-corrected chi connectivity index (χ1v) is 11.4. The second-order valence-electron chi connectivity index (χ2n) is 6.98. The predicted molar refractivity (Wildman–Crippen MR) is 110 cm³/mol. The van der Waals surface area contributed by atoms with Gasteiger partial charge in [-0.2, -0.15) is 0 Å². The Morgan fingerprint density at radius 1 is 0.769 bits per heavy atom. The molecule has 0 fully saturated rings. The summed E-state index contributed by atoms with van der Waals surface area (Å²) in [4.78, 5) is 19.3. The standard InChI is InChI=1S/C18H35.C4H6O3.Al/c1-3-5-7-9-11-13-15-17-18-16-14-12-10-8-6-4-2;1-3(5)2-4(6)7;/h17-18H,1,3-16H2,2H3;2H2,1H3,(H,6,7);/q;;+1/p-1/b18-17-;;. The number of ketones is 1. The predicted octanol–water partition coefficient (Wildman–Crippen LogP) is 5.33. The molecule has 4 heteroatoms. The second-order valence-corrected chi connectivity index (χ2v) is 7.55. The summed E-state index contributed by atoms with van der Waals surface area (Å²) in [5.74, 6) is -1.69. The summed E-state index contributed by atoms with van der Waals surface area (Å²) in [5, 5.41) is 10.8. The summed E-state index contributed by atoms with van der Waals surface area (Å²) in [5.41, 5.74) is 0. The molecular weight excluding hydrogens is 339 g/mol. The van der Waals surface area contributed by atoms with Gasteiger partial charge in [0.1, 0.15) is 5.78 Å². The molecule has 26 heavy (non-hydrogen) atoms. The van der Waals surface area contributed by atoms with Gasteiger partial charge in [-0.25, -0.2) is 0 Å². The molecule has 1 radical (unpaired) electrons. The minimum atomic E-state index is -1.31. The number of carbonyl (C=O) groups excluding carboxylic acids is 2. The van der Waals surface area contributed by atoms with Gasteiger partial charge in [-0.1, -0.05) is 39.0 Å². The summed E-state index contributed by atoms with van der Waals surface area (Å²) in [6, 6.07) is 0. The van der Waals surface area contributed by atoms with Crippen molar-refractivity contribution in [2.24, 2.45) is 0 Å². The van der Waals surface area contributed by atoms with Crippen molar-refractivity contribution in [2.75, 3.05) is 0 Å². The van der Waals surface area contributed by atoms with Crippen LogP contribution in [0.3, 0.4) is 0 Å². The van der Waals surface area contributed by atoms with Crippen LogP contribution in [0.2, 0.25) is 5.28 Å². The van der Waals surface area contributed by atoms with Crippen LogP contribution in [0.25, 0.3) is 0 Å². The Morgan fingerprint density at radius 3 is 1.54 bits per heavy atom. The molecule has 0 heterocycles. The van der Waals surface area contributed by atoms with Crippen molar-refractivity contribution < 1.29 is 14.7 Å². The van der Waals surface area contributed by atoms with E-state index in [0.717, 1.165) is 0 Å². The van der Waals surface area contributed by atoms with E-state index in [2.05, 4.69) is 35.4 Å². The van der Waals surface area contributed by atoms with Crippen molar-refractivity contribution in [3.05, 3.63) is 12.2 Å². The summed E-state index contributed by atoms with van der Waals surface area (Å²) in [7, 11) is 0. The Labute approximate surface area is 170 Å². The third kappa shape index (κ3) is 31.2. The van der Waals surface area contributed by atoms with Crippen molar-refractivity contribution in [2.45, 2.75) is 115 Å². The van der Waals surface area contributed by atoms with E-state index in [4.69, 9.17) is 0 Å². The van der Waals surface area contributed by atoms with Crippen LogP contribution >= 0.6 is 0 Å². The molecule has 3 nitrogen and oxygen atoms in total. The van der Waals surface area contributed by atoms with E-state index in [9.17, 15) is 14.7 Å². The summed E-state index contributed by atoms with van der Waals surface area (Å²) >= 11 is 2.82. The summed E-state index contributed by atoms with van der Waals surface area (Å²) in [6.07, 6.45) is 24.0. The number of carboxylic acids is 1. The molecule has 0 saturated heterocycles. The van der Waals surface area contributed by atoms with E-state index >= 15 is 0 Å². The van der Waals surface area contributed by atoms with E-state index in [-0.39, 0.29) is 5.78 Å². The number of hydrogen-bond acceptors (Lipinski definition) is 3. The van der Waals surface area contributed by atoms with Crippen molar-refractivity contribution in [3.63, 3.8) is 0 Å². The molecule has 0 aromatic rings. The molecule has 0 amide bonds. The number of carbonyl (C=O) groups is 2. The third-order valence-corrected chi connectivity index (χ3v) is 4.52. The summed E-state index contributed by atoms with van der Waals surface area (Å²) < 4.78 is 0. The van der Waals surface area contributed by atoms with Crippen molar-refractivity contribution in [1.82, 2.24) is 0 Å². The molecule has 0 bridgehead atoms. The fraction of sp³-hybridized carbons (Fsp3) is 0.818. The van der Waals surface area contributed by atoms with Crippen LogP contribution < -0.4 is 5.11 Å². The Morgan fingerprint density at radius 2 is 1.19 bits per heavy atom. The van der Waals surface area contributed by atoms with E-state index in [0.29, 0.717) is 0 Å². The zero-order chi connectivity index (χ0) is 19.9. The van der Waals surface area contributed by atoms with Gasteiger partial charge >= 0.3 is 91.5 Å². The SMILES string of the molecule is CC(=O)CC(=O)[O-].CCCCCCCC/C=C\CCCCCCC[CH2][Al+]. The minimum absolute atomic E-state index is 0.375. The fourth-order valence-electron chi connectivity index (χ4n) is 2.60. The van der Waals surface area contributed by atoms with Crippen molar-refractivity contribution in [3.8, 4) is 0 Å². The van der Waals surface area contributed by atoms with E-state index < -0.39 is 12.4 Å². The van der Waals surface area contributed by atoms with Gasteiger partial charge in [0.2, 0.25) is 0 Å². The number of carboxylic acid groups (broad SMARTS) is 1. The first kappa shape index (κ1) is 27.6. The summed E-state index contributed by atoms with van der Waals surface area (Å²) in [6.45, 7) is 3.49. The molecule has 0 unspecified atom stereocenters. The van der Waals surface area contributed by atoms with E-state index in [1.165, 1.54) is 102 Å². The van der Waals surface area contributed by atoms with Crippen LogP contribution in [0, 0.1) is 0 Å². The molecule has 0 atom stereocenters. The topological polar surface area (TPSA) is 57.2 Å². The third-order valence-electron chi connectivity index (χ3n) is 4.11. The maximum absolute atomic E-state index is 9.83. The monoisotopic (exact) mass is 379 g/mol. The first-order chi connectivity index (χ1) is 12.5. The van der Waals surface area contributed by atoms with Crippen LogP contribution in [-0.2, 0) is 9.59 Å². The number of aliphatic carboxylic acids is 1. The van der Waals surface area contributed by atoms with Crippen LogP contribution in [0.5, 0.6) is 0 Å². The molecule has 0 aromatic carbocycles. The van der Waals surface area contributed by atoms with Crippen molar-refractivity contribution >= 4 is 28.0 Å². The normalized spacial score (nSPS) is 10.5.